The Morgan fingerprint density at radius 3 is 1.43 bits per heavy atom. The summed E-state index contributed by atoms with van der Waals surface area (Å²) in [5, 5.41) is 0. The zero-order valence-corrected chi connectivity index (χ0v) is 16.2. The molecular weight excluding hydrogens is 276 g/mol. The summed E-state index contributed by atoms with van der Waals surface area (Å²) < 4.78 is 12.4. The maximum atomic E-state index is 6.24. The van der Waals surface area contributed by atoms with Crippen molar-refractivity contribution in [1.29, 1.82) is 0 Å². The van der Waals surface area contributed by atoms with Gasteiger partial charge in [-0.25, -0.2) is 0 Å². The molecule has 0 aliphatic carbocycles. The molecule has 0 aliphatic rings. The van der Waals surface area contributed by atoms with Crippen molar-refractivity contribution < 1.29 is 8.85 Å². The van der Waals surface area contributed by atoms with Crippen LogP contribution in [0.3, 0.4) is 0 Å². The summed E-state index contributed by atoms with van der Waals surface area (Å²) in [6.07, 6.45) is 13.2. The van der Waals surface area contributed by atoms with Crippen molar-refractivity contribution in [2.75, 3.05) is 13.2 Å². The molecule has 21 heavy (non-hydrogen) atoms. The number of rotatable bonds is 16. The van der Waals surface area contributed by atoms with Crippen molar-refractivity contribution in [3.8, 4) is 0 Å². The molecule has 0 N–H and O–H groups in total. The van der Waals surface area contributed by atoms with Crippen LogP contribution in [-0.2, 0) is 8.85 Å². The van der Waals surface area contributed by atoms with E-state index in [-0.39, 0.29) is 0 Å². The third kappa shape index (κ3) is 11.4. The van der Waals surface area contributed by atoms with Gasteiger partial charge in [0, 0.05) is 13.2 Å². The van der Waals surface area contributed by atoms with Crippen LogP contribution < -0.4 is 0 Å². The normalized spacial score (nSPS) is 12.0. The summed E-state index contributed by atoms with van der Waals surface area (Å²) in [7, 11) is -1.87. The molecular formula is C18H40O2Si. The first-order chi connectivity index (χ1) is 10.2. The fourth-order valence-corrected chi connectivity index (χ4v) is 5.03. The molecule has 0 aromatic carbocycles. The minimum absolute atomic E-state index is 0.891. The quantitative estimate of drug-likeness (QED) is 0.241. The molecule has 0 radical (unpaired) electrons. The first-order valence-electron chi connectivity index (χ1n) is 9.52. The SMILES string of the molecule is CCCCCCCCCCO[Si](CC)(CC)OCCCC. The van der Waals surface area contributed by atoms with E-state index < -0.39 is 8.56 Å². The molecule has 0 unspecified atom stereocenters. The smallest absolute Gasteiger partial charge is 0.337 e. The molecule has 0 saturated carbocycles. The lowest BCUT2D eigenvalue weighted by molar-refractivity contribution is 0.164. The Balaban J connectivity index is 3.64. The third-order valence-corrected chi connectivity index (χ3v) is 7.92. The fraction of sp³-hybridized carbons (Fsp3) is 1.00. The van der Waals surface area contributed by atoms with Crippen molar-refractivity contribution in [2.45, 2.75) is 104 Å². The Bertz CT molecular complexity index is 205. The lowest BCUT2D eigenvalue weighted by Crippen LogP contribution is -2.41. The minimum atomic E-state index is -1.87. The van der Waals surface area contributed by atoms with E-state index in [2.05, 4.69) is 27.7 Å². The van der Waals surface area contributed by atoms with Crippen molar-refractivity contribution in [3.63, 3.8) is 0 Å². The van der Waals surface area contributed by atoms with Gasteiger partial charge in [0.2, 0.25) is 0 Å². The number of hydrogen-bond acceptors (Lipinski definition) is 2. The van der Waals surface area contributed by atoms with Crippen LogP contribution in [0.15, 0.2) is 0 Å². The summed E-state index contributed by atoms with van der Waals surface area (Å²) in [5.41, 5.74) is 0. The molecule has 0 fully saturated rings. The Labute approximate surface area is 135 Å². The first-order valence-corrected chi connectivity index (χ1v) is 11.8. The van der Waals surface area contributed by atoms with Gasteiger partial charge in [0.05, 0.1) is 0 Å². The average molecular weight is 317 g/mol. The summed E-state index contributed by atoms with van der Waals surface area (Å²) in [6, 6.07) is 2.18. The van der Waals surface area contributed by atoms with Gasteiger partial charge in [0.25, 0.3) is 0 Å². The molecule has 0 amide bonds. The highest BCUT2D eigenvalue weighted by Gasteiger charge is 2.33. The molecule has 0 saturated heterocycles. The van der Waals surface area contributed by atoms with E-state index in [1.807, 2.05) is 0 Å². The van der Waals surface area contributed by atoms with E-state index in [1.54, 1.807) is 0 Å². The van der Waals surface area contributed by atoms with E-state index in [0.29, 0.717) is 0 Å². The maximum absolute atomic E-state index is 6.24. The van der Waals surface area contributed by atoms with Crippen LogP contribution in [0.4, 0.5) is 0 Å². The van der Waals surface area contributed by atoms with Gasteiger partial charge >= 0.3 is 8.56 Å². The molecule has 0 aliphatic heterocycles. The minimum Gasteiger partial charge on any atom is -0.394 e. The first kappa shape index (κ1) is 21.1. The summed E-state index contributed by atoms with van der Waals surface area (Å²) >= 11 is 0. The molecule has 128 valence electrons. The second-order valence-corrected chi connectivity index (χ2v) is 9.96. The fourth-order valence-electron chi connectivity index (χ4n) is 2.60. The summed E-state index contributed by atoms with van der Waals surface area (Å²) in [4.78, 5) is 0. The van der Waals surface area contributed by atoms with Crippen LogP contribution in [0.5, 0.6) is 0 Å². The second kappa shape index (κ2) is 15.0. The van der Waals surface area contributed by atoms with E-state index >= 15 is 0 Å². The molecule has 0 heterocycles. The van der Waals surface area contributed by atoms with Crippen LogP contribution in [0.2, 0.25) is 12.1 Å². The molecule has 2 nitrogen and oxygen atoms in total. The largest absolute Gasteiger partial charge is 0.394 e. The van der Waals surface area contributed by atoms with Crippen molar-refractivity contribution in [3.05, 3.63) is 0 Å². The van der Waals surface area contributed by atoms with Crippen LogP contribution in [0, 0.1) is 0 Å². The van der Waals surface area contributed by atoms with Gasteiger partial charge in [-0.05, 0) is 24.9 Å². The van der Waals surface area contributed by atoms with Gasteiger partial charge in [-0.15, -0.1) is 0 Å². The highest BCUT2D eigenvalue weighted by molar-refractivity contribution is 6.67. The average Bonchev–Trinajstić information content (AvgIpc) is 2.52. The van der Waals surface area contributed by atoms with Gasteiger partial charge in [-0.1, -0.05) is 79.1 Å². The summed E-state index contributed by atoms with van der Waals surface area (Å²) in [6.45, 7) is 10.8. The Morgan fingerprint density at radius 2 is 0.952 bits per heavy atom. The van der Waals surface area contributed by atoms with Crippen molar-refractivity contribution in [1.82, 2.24) is 0 Å². The third-order valence-electron chi connectivity index (χ3n) is 4.30. The number of unbranched alkanes of at least 4 members (excludes halogenated alkanes) is 8. The predicted molar refractivity (Wildman–Crippen MR) is 96.1 cm³/mol. The van der Waals surface area contributed by atoms with E-state index in [1.165, 1.54) is 57.8 Å². The van der Waals surface area contributed by atoms with Gasteiger partial charge in [0.1, 0.15) is 0 Å². The standard InChI is InChI=1S/C18H40O2Si/c1-5-9-11-12-13-14-15-16-18-20-21(7-3,8-4)19-17-10-6-2/h5-18H2,1-4H3. The zero-order valence-electron chi connectivity index (χ0n) is 15.2. The Hall–Kier alpha value is 0.137. The zero-order chi connectivity index (χ0) is 15.8. The predicted octanol–water partition coefficient (Wildman–Crippen LogP) is 6.44. The Kier molecular flexibility index (Phi) is 15.1. The summed E-state index contributed by atoms with van der Waals surface area (Å²) in [5.74, 6) is 0. The number of hydrogen-bond donors (Lipinski definition) is 0. The van der Waals surface area contributed by atoms with Crippen LogP contribution in [-0.4, -0.2) is 21.8 Å². The highest BCUT2D eigenvalue weighted by atomic mass is 28.4. The van der Waals surface area contributed by atoms with Crippen LogP contribution >= 0.6 is 0 Å². The van der Waals surface area contributed by atoms with Gasteiger partial charge in [0.15, 0.2) is 0 Å². The highest BCUT2D eigenvalue weighted by Crippen LogP contribution is 2.20. The molecule has 0 atom stereocenters. The molecule has 0 aromatic rings. The lowest BCUT2D eigenvalue weighted by atomic mass is 10.1. The lowest BCUT2D eigenvalue weighted by Gasteiger charge is -2.28. The van der Waals surface area contributed by atoms with Crippen LogP contribution in [0.1, 0.15) is 91.9 Å². The van der Waals surface area contributed by atoms with E-state index in [0.717, 1.165) is 31.7 Å². The molecule has 0 aromatic heterocycles. The molecule has 0 rings (SSSR count). The van der Waals surface area contributed by atoms with E-state index in [4.69, 9.17) is 8.85 Å². The Morgan fingerprint density at radius 1 is 0.524 bits per heavy atom. The van der Waals surface area contributed by atoms with Crippen molar-refractivity contribution >= 4 is 8.56 Å². The topological polar surface area (TPSA) is 18.5 Å². The van der Waals surface area contributed by atoms with Crippen molar-refractivity contribution in [2.24, 2.45) is 0 Å². The van der Waals surface area contributed by atoms with Gasteiger partial charge < -0.3 is 8.85 Å². The molecule has 3 heteroatoms. The van der Waals surface area contributed by atoms with Crippen LogP contribution in [0.25, 0.3) is 0 Å². The second-order valence-electron chi connectivity index (χ2n) is 6.14. The monoisotopic (exact) mass is 316 g/mol. The molecule has 0 spiro atoms. The maximum Gasteiger partial charge on any atom is 0.337 e. The van der Waals surface area contributed by atoms with E-state index in [9.17, 15) is 0 Å². The van der Waals surface area contributed by atoms with Gasteiger partial charge in [-0.3, -0.25) is 0 Å². The molecule has 0 bridgehead atoms. The van der Waals surface area contributed by atoms with Gasteiger partial charge in [-0.2, -0.15) is 0 Å².